The Balaban J connectivity index is 1.63. The van der Waals surface area contributed by atoms with Crippen LogP contribution in [0.5, 0.6) is 0 Å². The first-order valence-corrected chi connectivity index (χ1v) is 11.9. The lowest BCUT2D eigenvalue weighted by molar-refractivity contribution is 0.472. The summed E-state index contributed by atoms with van der Waals surface area (Å²) in [5.41, 5.74) is 4.08. The minimum Gasteiger partial charge on any atom is -0.340 e. The van der Waals surface area contributed by atoms with E-state index in [2.05, 4.69) is 39.9 Å². The van der Waals surface area contributed by atoms with Gasteiger partial charge in [-0.05, 0) is 76.1 Å². The lowest BCUT2D eigenvalue weighted by Crippen LogP contribution is -2.25. The molecule has 3 aromatic heterocycles. The molecule has 0 unspecified atom stereocenters. The van der Waals surface area contributed by atoms with Crippen LogP contribution in [-0.4, -0.2) is 25.9 Å². The molecule has 1 aromatic carbocycles. The monoisotopic (exact) mass is 467 g/mol. The number of rotatable bonds is 5. The van der Waals surface area contributed by atoms with Crippen LogP contribution in [-0.2, 0) is 18.4 Å². The van der Waals surface area contributed by atoms with Crippen LogP contribution in [0, 0.1) is 11.3 Å². The molecule has 4 aromatic rings. The van der Waals surface area contributed by atoms with Gasteiger partial charge in [-0.3, -0.25) is 4.79 Å². The highest BCUT2D eigenvalue weighted by atomic mass is 16.1. The molecule has 0 bridgehead atoms. The van der Waals surface area contributed by atoms with Gasteiger partial charge in [0.1, 0.15) is 5.82 Å². The van der Waals surface area contributed by atoms with Crippen molar-refractivity contribution >= 4 is 22.4 Å². The molecule has 0 saturated heterocycles. The Hall–Kier alpha value is -3.96. The van der Waals surface area contributed by atoms with E-state index in [1.165, 1.54) is 11.1 Å². The molecule has 2 N–H and O–H groups in total. The van der Waals surface area contributed by atoms with Crippen molar-refractivity contribution in [1.82, 2.24) is 24.6 Å². The fourth-order valence-electron chi connectivity index (χ4n) is 4.54. The van der Waals surface area contributed by atoms with E-state index < -0.39 is 5.41 Å². The van der Waals surface area contributed by atoms with E-state index in [4.69, 9.17) is 4.98 Å². The zero-order valence-corrected chi connectivity index (χ0v) is 20.5. The van der Waals surface area contributed by atoms with Crippen molar-refractivity contribution in [2.75, 3.05) is 11.9 Å². The molecular formula is C27H29N7O. The van der Waals surface area contributed by atoms with Crippen molar-refractivity contribution in [2.24, 2.45) is 0 Å². The summed E-state index contributed by atoms with van der Waals surface area (Å²) in [6.07, 6.45) is 2.65. The first-order chi connectivity index (χ1) is 16.8. The average molecular weight is 468 g/mol. The van der Waals surface area contributed by atoms with E-state index in [0.717, 1.165) is 25.2 Å². The molecular weight excluding hydrogens is 438 g/mol. The maximum Gasteiger partial charge on any atom is 0.276 e. The number of nitriles is 1. The summed E-state index contributed by atoms with van der Waals surface area (Å²) in [6, 6.07) is 16.0. The molecule has 178 valence electrons. The van der Waals surface area contributed by atoms with Gasteiger partial charge in [-0.15, -0.1) is 0 Å². The molecule has 35 heavy (non-hydrogen) atoms. The van der Waals surface area contributed by atoms with Gasteiger partial charge in [0.25, 0.3) is 5.56 Å². The molecule has 0 radical (unpaired) electrons. The van der Waals surface area contributed by atoms with Crippen LogP contribution in [0.3, 0.4) is 0 Å². The number of nitrogens with zero attached hydrogens (tertiary/aromatic N) is 5. The van der Waals surface area contributed by atoms with Gasteiger partial charge < -0.3 is 10.6 Å². The van der Waals surface area contributed by atoms with Gasteiger partial charge >= 0.3 is 0 Å². The van der Waals surface area contributed by atoms with Crippen molar-refractivity contribution < 1.29 is 0 Å². The van der Waals surface area contributed by atoms with Gasteiger partial charge in [0.05, 0.1) is 28.1 Å². The van der Waals surface area contributed by atoms with Gasteiger partial charge in [-0.2, -0.15) is 5.26 Å². The van der Waals surface area contributed by atoms with E-state index in [0.29, 0.717) is 28.2 Å². The summed E-state index contributed by atoms with van der Waals surface area (Å²) in [5.74, 6) is 1.23. The summed E-state index contributed by atoms with van der Waals surface area (Å²) in [4.78, 5) is 22.6. The third kappa shape index (κ3) is 4.08. The van der Waals surface area contributed by atoms with Crippen LogP contribution in [0.25, 0.3) is 16.7 Å². The summed E-state index contributed by atoms with van der Waals surface area (Å²) in [6.45, 7) is 9.46. The Bertz CT molecular complexity index is 1520. The number of pyridine rings is 2. The SMILES string of the molecule is CC(C)n1c(=O)c2cnc(Nc3ccc4c(c3)CNCC4)cc2n1-c1cccc(C(C)(C)C#N)n1. The molecule has 8 nitrogen and oxygen atoms in total. The Morgan fingerprint density at radius 1 is 1.17 bits per heavy atom. The molecule has 0 amide bonds. The summed E-state index contributed by atoms with van der Waals surface area (Å²) in [5, 5.41) is 16.9. The largest absolute Gasteiger partial charge is 0.340 e. The average Bonchev–Trinajstić information content (AvgIpc) is 3.16. The van der Waals surface area contributed by atoms with Crippen LogP contribution in [0.1, 0.15) is 50.6 Å². The summed E-state index contributed by atoms with van der Waals surface area (Å²) >= 11 is 0. The van der Waals surface area contributed by atoms with E-state index in [-0.39, 0.29) is 11.6 Å². The lowest BCUT2D eigenvalue weighted by Gasteiger charge is -2.19. The third-order valence-electron chi connectivity index (χ3n) is 6.49. The Morgan fingerprint density at radius 2 is 2.00 bits per heavy atom. The maximum absolute atomic E-state index is 13.3. The van der Waals surface area contributed by atoms with Gasteiger partial charge in [0.15, 0.2) is 5.82 Å². The normalized spacial score (nSPS) is 13.6. The highest BCUT2D eigenvalue weighted by molar-refractivity contribution is 5.82. The van der Waals surface area contributed by atoms with E-state index in [1.807, 2.05) is 56.6 Å². The summed E-state index contributed by atoms with van der Waals surface area (Å²) in [7, 11) is 0. The minimum absolute atomic E-state index is 0.103. The standard InChI is InChI=1S/C27H29N7O/c1-17(2)33-26(35)21-15-30-24(31-20-9-8-18-10-11-29-14-19(18)12-20)13-22(21)34(33)25-7-5-6-23(32-25)27(3,4)16-28/h5-9,12-13,15,17,29H,10-11,14H2,1-4H3,(H,30,31). The van der Waals surface area contributed by atoms with Crippen molar-refractivity contribution in [3.8, 4) is 11.9 Å². The molecule has 0 saturated carbocycles. The van der Waals surface area contributed by atoms with Crippen molar-refractivity contribution in [1.29, 1.82) is 5.26 Å². The van der Waals surface area contributed by atoms with E-state index in [1.54, 1.807) is 10.9 Å². The highest BCUT2D eigenvalue weighted by Gasteiger charge is 2.24. The molecule has 8 heteroatoms. The second-order valence-corrected chi connectivity index (χ2v) is 9.80. The molecule has 1 aliphatic heterocycles. The Morgan fingerprint density at radius 3 is 2.77 bits per heavy atom. The second kappa shape index (κ2) is 8.67. The maximum atomic E-state index is 13.3. The van der Waals surface area contributed by atoms with Crippen LogP contribution < -0.4 is 16.2 Å². The quantitative estimate of drug-likeness (QED) is 0.453. The van der Waals surface area contributed by atoms with Crippen molar-refractivity contribution in [2.45, 2.75) is 52.1 Å². The first kappa shape index (κ1) is 22.8. The minimum atomic E-state index is -0.752. The Labute approximate surface area is 204 Å². The number of benzene rings is 1. The van der Waals surface area contributed by atoms with Crippen molar-refractivity contribution in [3.05, 3.63) is 75.8 Å². The molecule has 0 atom stereocenters. The predicted molar refractivity (Wildman–Crippen MR) is 137 cm³/mol. The van der Waals surface area contributed by atoms with Gasteiger partial charge in [-0.1, -0.05) is 12.1 Å². The number of anilines is 2. The predicted octanol–water partition coefficient (Wildman–Crippen LogP) is 4.35. The number of fused-ring (bicyclic) bond motifs is 2. The first-order valence-electron chi connectivity index (χ1n) is 11.9. The van der Waals surface area contributed by atoms with Gasteiger partial charge in [0.2, 0.25) is 0 Å². The zero-order valence-electron chi connectivity index (χ0n) is 20.5. The fraction of sp³-hybridized carbons (Fsp3) is 0.333. The molecule has 5 rings (SSSR count). The summed E-state index contributed by atoms with van der Waals surface area (Å²) < 4.78 is 3.52. The molecule has 4 heterocycles. The lowest BCUT2D eigenvalue weighted by atomic mass is 9.91. The fourth-order valence-corrected chi connectivity index (χ4v) is 4.54. The third-order valence-corrected chi connectivity index (χ3v) is 6.49. The van der Waals surface area contributed by atoms with Gasteiger partial charge in [0, 0.05) is 30.5 Å². The Kier molecular flexibility index (Phi) is 5.65. The van der Waals surface area contributed by atoms with Gasteiger partial charge in [-0.25, -0.2) is 19.3 Å². The number of aromatic nitrogens is 4. The number of nitrogens with one attached hydrogen (secondary N) is 2. The zero-order chi connectivity index (χ0) is 24.7. The van der Waals surface area contributed by atoms with Crippen LogP contribution >= 0.6 is 0 Å². The molecule has 1 aliphatic rings. The smallest absolute Gasteiger partial charge is 0.276 e. The molecule has 0 aliphatic carbocycles. The van der Waals surface area contributed by atoms with E-state index in [9.17, 15) is 10.1 Å². The number of hydrogen-bond donors (Lipinski definition) is 2. The van der Waals surface area contributed by atoms with Crippen LogP contribution in [0.2, 0.25) is 0 Å². The van der Waals surface area contributed by atoms with Crippen molar-refractivity contribution in [3.63, 3.8) is 0 Å². The topological polar surface area (TPSA) is 101 Å². The highest BCUT2D eigenvalue weighted by Crippen LogP contribution is 2.26. The molecule has 0 fully saturated rings. The number of hydrogen-bond acceptors (Lipinski definition) is 6. The second-order valence-electron chi connectivity index (χ2n) is 9.80. The van der Waals surface area contributed by atoms with E-state index >= 15 is 0 Å². The van der Waals surface area contributed by atoms with Crippen LogP contribution in [0.15, 0.2) is 53.5 Å². The van der Waals surface area contributed by atoms with Crippen LogP contribution in [0.4, 0.5) is 11.5 Å². The molecule has 0 spiro atoms.